The molecule has 0 radical (unpaired) electrons. The van der Waals surface area contributed by atoms with Crippen molar-refractivity contribution in [1.82, 2.24) is 0 Å². The van der Waals surface area contributed by atoms with Crippen LogP contribution in [-0.4, -0.2) is 38.1 Å². The van der Waals surface area contributed by atoms with Gasteiger partial charge in [0.15, 0.2) is 11.5 Å². The Kier molecular flexibility index (Phi) is 4.93. The van der Waals surface area contributed by atoms with E-state index in [0.717, 1.165) is 22.1 Å². The van der Waals surface area contributed by atoms with Crippen LogP contribution in [-0.2, 0) is 9.53 Å². The van der Waals surface area contributed by atoms with Gasteiger partial charge in [-0.2, -0.15) is 0 Å². The predicted octanol–water partition coefficient (Wildman–Crippen LogP) is 1.44. The number of hydrogen-bond acceptors (Lipinski definition) is 6. The minimum Gasteiger partial charge on any atom is -0.486 e. The summed E-state index contributed by atoms with van der Waals surface area (Å²) in [5, 5.41) is 0. The number of hydrogen-bond donors (Lipinski definition) is 1. The van der Waals surface area contributed by atoms with Crippen LogP contribution in [0.3, 0.4) is 0 Å². The molecule has 1 aliphatic rings. The van der Waals surface area contributed by atoms with Gasteiger partial charge in [0.25, 0.3) is 0 Å². The van der Waals surface area contributed by atoms with Gasteiger partial charge in [0, 0.05) is 10.6 Å². The largest absolute Gasteiger partial charge is 0.486 e. The standard InChI is InChI=1S/C13H17NO4S/c1-16-13(15)10(14)4-7-19-9-2-3-11-12(8-9)18-6-5-17-11/h2-3,8,10H,4-7,14H2,1H3. The highest BCUT2D eigenvalue weighted by molar-refractivity contribution is 7.99. The summed E-state index contributed by atoms with van der Waals surface area (Å²) in [7, 11) is 1.34. The lowest BCUT2D eigenvalue weighted by Crippen LogP contribution is -2.31. The highest BCUT2D eigenvalue weighted by Gasteiger charge is 2.14. The smallest absolute Gasteiger partial charge is 0.322 e. The molecular formula is C13H17NO4S. The summed E-state index contributed by atoms with van der Waals surface area (Å²) in [6.07, 6.45) is 0.575. The molecule has 0 aliphatic carbocycles. The summed E-state index contributed by atoms with van der Waals surface area (Å²) in [4.78, 5) is 12.2. The van der Waals surface area contributed by atoms with E-state index in [2.05, 4.69) is 4.74 Å². The number of ether oxygens (including phenoxy) is 3. The number of carbonyl (C=O) groups is 1. The predicted molar refractivity (Wildman–Crippen MR) is 72.8 cm³/mol. The molecule has 5 nitrogen and oxygen atoms in total. The summed E-state index contributed by atoms with van der Waals surface area (Å²) in [6.45, 7) is 1.17. The summed E-state index contributed by atoms with van der Waals surface area (Å²) in [5.74, 6) is 1.92. The van der Waals surface area contributed by atoms with Crippen LogP contribution in [0, 0.1) is 0 Å². The average Bonchev–Trinajstić information content (AvgIpc) is 2.46. The molecule has 2 N–H and O–H groups in total. The van der Waals surface area contributed by atoms with Gasteiger partial charge in [-0.3, -0.25) is 4.79 Å². The van der Waals surface area contributed by atoms with E-state index in [0.29, 0.717) is 19.6 Å². The lowest BCUT2D eigenvalue weighted by molar-refractivity contribution is -0.142. The van der Waals surface area contributed by atoms with Crippen molar-refractivity contribution < 1.29 is 19.0 Å². The third kappa shape index (κ3) is 3.78. The molecule has 0 saturated heterocycles. The number of nitrogens with two attached hydrogens (primary N) is 1. The molecule has 6 heteroatoms. The Balaban J connectivity index is 1.85. The highest BCUT2D eigenvalue weighted by atomic mass is 32.2. The van der Waals surface area contributed by atoms with E-state index >= 15 is 0 Å². The van der Waals surface area contributed by atoms with E-state index in [4.69, 9.17) is 15.2 Å². The first-order chi connectivity index (χ1) is 9.20. The van der Waals surface area contributed by atoms with Crippen molar-refractivity contribution in [2.75, 3.05) is 26.1 Å². The number of methoxy groups -OCH3 is 1. The van der Waals surface area contributed by atoms with Crippen LogP contribution in [0.25, 0.3) is 0 Å². The van der Waals surface area contributed by atoms with E-state index in [9.17, 15) is 4.79 Å². The zero-order chi connectivity index (χ0) is 13.7. The summed E-state index contributed by atoms with van der Waals surface area (Å²) in [6, 6.07) is 5.26. The van der Waals surface area contributed by atoms with E-state index < -0.39 is 6.04 Å². The zero-order valence-corrected chi connectivity index (χ0v) is 11.6. The Labute approximate surface area is 116 Å². The maximum Gasteiger partial charge on any atom is 0.322 e. The molecule has 1 atom stereocenters. The first-order valence-electron chi connectivity index (χ1n) is 6.06. The van der Waals surface area contributed by atoms with Crippen LogP contribution >= 0.6 is 11.8 Å². The van der Waals surface area contributed by atoms with Crippen molar-refractivity contribution in [3.63, 3.8) is 0 Å². The fraction of sp³-hybridized carbons (Fsp3) is 0.462. The van der Waals surface area contributed by atoms with Gasteiger partial charge in [-0.25, -0.2) is 0 Å². The molecule has 0 aromatic heterocycles. The van der Waals surface area contributed by atoms with Gasteiger partial charge >= 0.3 is 5.97 Å². The Morgan fingerprint density at radius 1 is 1.42 bits per heavy atom. The fourth-order valence-electron chi connectivity index (χ4n) is 1.69. The second-order valence-electron chi connectivity index (χ2n) is 4.07. The van der Waals surface area contributed by atoms with Gasteiger partial charge in [0.2, 0.25) is 0 Å². The molecule has 1 aliphatic heterocycles. The zero-order valence-electron chi connectivity index (χ0n) is 10.8. The minimum absolute atomic E-state index is 0.372. The maximum atomic E-state index is 11.2. The number of fused-ring (bicyclic) bond motifs is 1. The topological polar surface area (TPSA) is 70.8 Å². The minimum atomic E-state index is -0.560. The molecule has 0 fully saturated rings. The molecule has 0 amide bonds. The molecular weight excluding hydrogens is 266 g/mol. The summed E-state index contributed by atoms with van der Waals surface area (Å²) in [5.41, 5.74) is 5.67. The molecule has 0 spiro atoms. The number of rotatable bonds is 5. The molecule has 2 rings (SSSR count). The van der Waals surface area contributed by atoms with Gasteiger partial charge < -0.3 is 19.9 Å². The molecule has 104 valence electrons. The number of thioether (sulfide) groups is 1. The Bertz CT molecular complexity index is 452. The Morgan fingerprint density at radius 2 is 2.16 bits per heavy atom. The van der Waals surface area contributed by atoms with Crippen molar-refractivity contribution in [2.24, 2.45) is 5.73 Å². The summed E-state index contributed by atoms with van der Waals surface area (Å²) < 4.78 is 15.5. The molecule has 19 heavy (non-hydrogen) atoms. The van der Waals surface area contributed by atoms with Crippen molar-refractivity contribution in [3.05, 3.63) is 18.2 Å². The number of benzene rings is 1. The normalized spacial score (nSPS) is 14.8. The molecule has 1 aromatic rings. The van der Waals surface area contributed by atoms with Crippen molar-refractivity contribution in [3.8, 4) is 11.5 Å². The van der Waals surface area contributed by atoms with E-state index in [1.54, 1.807) is 11.8 Å². The van der Waals surface area contributed by atoms with Gasteiger partial charge in [0.05, 0.1) is 7.11 Å². The Morgan fingerprint density at radius 3 is 2.89 bits per heavy atom. The maximum absolute atomic E-state index is 11.2. The van der Waals surface area contributed by atoms with E-state index in [1.807, 2.05) is 18.2 Å². The molecule has 0 bridgehead atoms. The van der Waals surface area contributed by atoms with Crippen LogP contribution in [0.5, 0.6) is 11.5 Å². The van der Waals surface area contributed by atoms with Gasteiger partial charge in [-0.15, -0.1) is 11.8 Å². The monoisotopic (exact) mass is 283 g/mol. The number of carbonyl (C=O) groups excluding carboxylic acids is 1. The van der Waals surface area contributed by atoms with Gasteiger partial charge in [-0.1, -0.05) is 0 Å². The quantitative estimate of drug-likeness (QED) is 0.651. The fourth-order valence-corrected chi connectivity index (χ4v) is 2.65. The highest BCUT2D eigenvalue weighted by Crippen LogP contribution is 2.34. The lowest BCUT2D eigenvalue weighted by atomic mass is 10.2. The second kappa shape index (κ2) is 6.68. The van der Waals surface area contributed by atoms with Crippen molar-refractivity contribution in [1.29, 1.82) is 0 Å². The lowest BCUT2D eigenvalue weighted by Gasteiger charge is -2.18. The van der Waals surface area contributed by atoms with Crippen LogP contribution in [0.4, 0.5) is 0 Å². The third-order valence-corrected chi connectivity index (χ3v) is 3.74. The molecule has 1 unspecified atom stereocenters. The van der Waals surface area contributed by atoms with Crippen molar-refractivity contribution >= 4 is 17.7 Å². The second-order valence-corrected chi connectivity index (χ2v) is 5.24. The van der Waals surface area contributed by atoms with Crippen LogP contribution < -0.4 is 15.2 Å². The van der Waals surface area contributed by atoms with Gasteiger partial charge in [-0.05, 0) is 24.6 Å². The first-order valence-corrected chi connectivity index (χ1v) is 7.05. The van der Waals surface area contributed by atoms with Crippen molar-refractivity contribution in [2.45, 2.75) is 17.4 Å². The SMILES string of the molecule is COC(=O)C(N)CCSc1ccc2c(c1)OCCO2. The van der Waals surface area contributed by atoms with E-state index in [1.165, 1.54) is 7.11 Å². The third-order valence-electron chi connectivity index (χ3n) is 2.72. The van der Waals surface area contributed by atoms with Gasteiger partial charge in [0.1, 0.15) is 19.3 Å². The molecule has 0 saturated carbocycles. The molecule has 1 heterocycles. The Hall–Kier alpha value is -1.40. The number of esters is 1. The van der Waals surface area contributed by atoms with E-state index in [-0.39, 0.29) is 5.97 Å². The first kappa shape index (κ1) is 14.0. The van der Waals surface area contributed by atoms with Crippen LogP contribution in [0.1, 0.15) is 6.42 Å². The van der Waals surface area contributed by atoms with Crippen LogP contribution in [0.15, 0.2) is 23.1 Å². The average molecular weight is 283 g/mol. The van der Waals surface area contributed by atoms with Crippen LogP contribution in [0.2, 0.25) is 0 Å². The summed E-state index contributed by atoms with van der Waals surface area (Å²) >= 11 is 1.63. The molecule has 1 aromatic carbocycles.